The molecule has 1 aromatic carbocycles. The van der Waals surface area contributed by atoms with Crippen LogP contribution in [0, 0.1) is 0 Å². The smallest absolute Gasteiger partial charge is 0.252 e. The van der Waals surface area contributed by atoms with E-state index >= 15 is 0 Å². The van der Waals surface area contributed by atoms with Gasteiger partial charge in [0.1, 0.15) is 6.61 Å². The van der Waals surface area contributed by atoms with E-state index in [-0.39, 0.29) is 12.5 Å². The number of ether oxygens (including phenoxy) is 1. The van der Waals surface area contributed by atoms with Gasteiger partial charge in [0.15, 0.2) is 0 Å². The molecule has 2 rings (SSSR count). The summed E-state index contributed by atoms with van der Waals surface area (Å²) in [5.74, 6) is 0.0493. The van der Waals surface area contributed by atoms with E-state index in [4.69, 9.17) is 4.74 Å². The molecule has 20 heavy (non-hydrogen) atoms. The van der Waals surface area contributed by atoms with Gasteiger partial charge in [-0.2, -0.15) is 0 Å². The third-order valence-electron chi connectivity index (χ3n) is 3.62. The fraction of sp³-hybridized carbons (Fsp3) is 0.562. The number of nitrogens with one attached hydrogen (secondary N) is 1. The van der Waals surface area contributed by atoms with Crippen molar-refractivity contribution in [1.29, 1.82) is 0 Å². The molecule has 4 heteroatoms. The van der Waals surface area contributed by atoms with Crippen LogP contribution in [0.3, 0.4) is 0 Å². The average molecular weight is 276 g/mol. The SMILES string of the molecule is CCCNC1CCN(C(=O)COCC)c2ccccc21. The van der Waals surface area contributed by atoms with Crippen molar-refractivity contribution in [2.75, 3.05) is 31.2 Å². The Balaban J connectivity index is 2.16. The van der Waals surface area contributed by atoms with E-state index in [2.05, 4.69) is 18.3 Å². The van der Waals surface area contributed by atoms with Crippen molar-refractivity contribution in [2.24, 2.45) is 0 Å². The molecule has 0 radical (unpaired) electrons. The highest BCUT2D eigenvalue weighted by Crippen LogP contribution is 2.33. The molecule has 1 aliphatic heterocycles. The summed E-state index contributed by atoms with van der Waals surface area (Å²) >= 11 is 0. The monoisotopic (exact) mass is 276 g/mol. The molecule has 1 aromatic rings. The van der Waals surface area contributed by atoms with Crippen molar-refractivity contribution in [1.82, 2.24) is 5.32 Å². The minimum absolute atomic E-state index is 0.0493. The van der Waals surface area contributed by atoms with Crippen LogP contribution in [0.1, 0.15) is 38.3 Å². The Morgan fingerprint density at radius 2 is 2.20 bits per heavy atom. The maximum atomic E-state index is 12.2. The second-order valence-corrected chi connectivity index (χ2v) is 5.04. The third-order valence-corrected chi connectivity index (χ3v) is 3.62. The van der Waals surface area contributed by atoms with Gasteiger partial charge in [-0.1, -0.05) is 25.1 Å². The lowest BCUT2D eigenvalue weighted by Crippen LogP contribution is -2.41. The zero-order chi connectivity index (χ0) is 14.4. The van der Waals surface area contributed by atoms with E-state index in [9.17, 15) is 4.79 Å². The third kappa shape index (κ3) is 3.38. The molecular weight excluding hydrogens is 252 g/mol. The summed E-state index contributed by atoms with van der Waals surface area (Å²) in [7, 11) is 0. The standard InChI is InChI=1S/C16H24N2O2/c1-3-10-17-14-9-11-18(16(19)12-20-4-2)15-8-6-5-7-13(14)15/h5-8,14,17H,3-4,9-12H2,1-2H3. The van der Waals surface area contributed by atoms with Gasteiger partial charge in [-0.05, 0) is 37.9 Å². The molecule has 1 N–H and O–H groups in total. The van der Waals surface area contributed by atoms with Gasteiger partial charge in [0.25, 0.3) is 5.91 Å². The van der Waals surface area contributed by atoms with Gasteiger partial charge < -0.3 is 15.0 Å². The van der Waals surface area contributed by atoms with Crippen molar-refractivity contribution in [2.45, 2.75) is 32.7 Å². The molecular formula is C16H24N2O2. The minimum atomic E-state index is 0.0493. The summed E-state index contributed by atoms with van der Waals surface area (Å²) in [5, 5.41) is 3.56. The van der Waals surface area contributed by atoms with Crippen molar-refractivity contribution in [3.8, 4) is 0 Å². The van der Waals surface area contributed by atoms with E-state index in [0.717, 1.165) is 31.6 Å². The molecule has 0 bridgehead atoms. The summed E-state index contributed by atoms with van der Waals surface area (Å²) < 4.78 is 5.25. The Kier molecular flexibility index (Phi) is 5.56. The van der Waals surface area contributed by atoms with Gasteiger partial charge in [0, 0.05) is 24.9 Å². The summed E-state index contributed by atoms with van der Waals surface area (Å²) in [5.41, 5.74) is 2.24. The summed E-state index contributed by atoms with van der Waals surface area (Å²) in [6, 6.07) is 8.52. The number of benzene rings is 1. The van der Waals surface area contributed by atoms with Crippen LogP contribution in [0.25, 0.3) is 0 Å². The first-order valence-electron chi connectivity index (χ1n) is 7.48. The lowest BCUT2D eigenvalue weighted by molar-refractivity contribution is -0.123. The van der Waals surface area contributed by atoms with Crippen molar-refractivity contribution < 1.29 is 9.53 Å². The van der Waals surface area contributed by atoms with Crippen LogP contribution in [0.15, 0.2) is 24.3 Å². The Morgan fingerprint density at radius 1 is 1.40 bits per heavy atom. The molecule has 1 unspecified atom stereocenters. The molecule has 1 atom stereocenters. The largest absolute Gasteiger partial charge is 0.372 e. The normalized spacial score (nSPS) is 17.9. The van der Waals surface area contributed by atoms with Gasteiger partial charge in [-0.25, -0.2) is 0 Å². The number of fused-ring (bicyclic) bond motifs is 1. The summed E-state index contributed by atoms with van der Waals surface area (Å²) in [6.45, 7) is 6.57. The predicted octanol–water partition coefficient (Wildman–Crippen LogP) is 2.50. The van der Waals surface area contributed by atoms with Crippen molar-refractivity contribution in [3.63, 3.8) is 0 Å². The highest BCUT2D eigenvalue weighted by molar-refractivity contribution is 5.95. The van der Waals surface area contributed by atoms with Crippen molar-refractivity contribution in [3.05, 3.63) is 29.8 Å². The number of nitrogens with zero attached hydrogens (tertiary/aromatic N) is 1. The van der Waals surface area contributed by atoms with Crippen LogP contribution < -0.4 is 10.2 Å². The van der Waals surface area contributed by atoms with E-state index in [1.54, 1.807) is 0 Å². The number of para-hydroxylation sites is 1. The average Bonchev–Trinajstić information content (AvgIpc) is 2.50. The van der Waals surface area contributed by atoms with Gasteiger partial charge in [0.05, 0.1) is 0 Å². The number of hydrogen-bond acceptors (Lipinski definition) is 3. The highest BCUT2D eigenvalue weighted by Gasteiger charge is 2.27. The van der Waals surface area contributed by atoms with Crippen LogP contribution >= 0.6 is 0 Å². The van der Waals surface area contributed by atoms with Crippen molar-refractivity contribution >= 4 is 11.6 Å². The van der Waals surface area contributed by atoms with Gasteiger partial charge >= 0.3 is 0 Å². The minimum Gasteiger partial charge on any atom is -0.372 e. The first-order valence-corrected chi connectivity index (χ1v) is 7.48. The molecule has 0 aromatic heterocycles. The van der Waals surface area contributed by atoms with E-state index in [1.165, 1.54) is 5.56 Å². The second-order valence-electron chi connectivity index (χ2n) is 5.04. The molecule has 0 spiro atoms. The zero-order valence-electron chi connectivity index (χ0n) is 12.4. The maximum Gasteiger partial charge on any atom is 0.252 e. The Bertz CT molecular complexity index is 448. The maximum absolute atomic E-state index is 12.2. The van der Waals surface area contributed by atoms with Gasteiger partial charge in [-0.15, -0.1) is 0 Å². The zero-order valence-corrected chi connectivity index (χ0v) is 12.4. The van der Waals surface area contributed by atoms with E-state index in [1.807, 2.05) is 30.0 Å². The molecule has 1 heterocycles. The number of amides is 1. The number of carbonyl (C=O) groups is 1. The molecule has 0 saturated heterocycles. The van der Waals surface area contributed by atoms with Crippen LogP contribution in [0.4, 0.5) is 5.69 Å². The summed E-state index contributed by atoms with van der Waals surface area (Å²) in [6.07, 6.45) is 2.07. The van der Waals surface area contributed by atoms with E-state index in [0.29, 0.717) is 12.6 Å². The first-order chi connectivity index (χ1) is 9.77. The van der Waals surface area contributed by atoms with Crippen LogP contribution in [0.5, 0.6) is 0 Å². The number of hydrogen-bond donors (Lipinski definition) is 1. The lowest BCUT2D eigenvalue weighted by Gasteiger charge is -2.34. The number of carbonyl (C=O) groups excluding carboxylic acids is 1. The summed E-state index contributed by atoms with van der Waals surface area (Å²) in [4.78, 5) is 14.1. The molecule has 0 saturated carbocycles. The number of rotatable bonds is 6. The first kappa shape index (κ1) is 15.0. The molecule has 0 aliphatic carbocycles. The molecule has 0 fully saturated rings. The molecule has 1 amide bonds. The quantitative estimate of drug-likeness (QED) is 0.868. The van der Waals surface area contributed by atoms with Crippen LogP contribution in [0.2, 0.25) is 0 Å². The Hall–Kier alpha value is -1.39. The number of anilines is 1. The lowest BCUT2D eigenvalue weighted by atomic mass is 9.96. The molecule has 110 valence electrons. The van der Waals surface area contributed by atoms with E-state index < -0.39 is 0 Å². The fourth-order valence-electron chi connectivity index (χ4n) is 2.62. The van der Waals surface area contributed by atoms with Gasteiger partial charge in [0.2, 0.25) is 0 Å². The Morgan fingerprint density at radius 3 is 2.95 bits per heavy atom. The van der Waals surface area contributed by atoms with Crippen LogP contribution in [-0.2, 0) is 9.53 Å². The molecule has 1 aliphatic rings. The second kappa shape index (κ2) is 7.41. The fourth-order valence-corrected chi connectivity index (χ4v) is 2.62. The molecule has 4 nitrogen and oxygen atoms in total. The topological polar surface area (TPSA) is 41.6 Å². The van der Waals surface area contributed by atoms with Gasteiger partial charge in [-0.3, -0.25) is 4.79 Å². The highest BCUT2D eigenvalue weighted by atomic mass is 16.5. The Labute approximate surface area is 121 Å². The predicted molar refractivity (Wildman–Crippen MR) is 80.9 cm³/mol. The van der Waals surface area contributed by atoms with Crippen LogP contribution in [-0.4, -0.2) is 32.2 Å².